The Balaban J connectivity index is 1.90. The molecular formula is C22H26FN5O4S. The summed E-state index contributed by atoms with van der Waals surface area (Å²) in [6.45, 7) is 5.57. The molecule has 2 aromatic heterocycles. The molecular weight excluding hydrogens is 449 g/mol. The summed E-state index contributed by atoms with van der Waals surface area (Å²) >= 11 is 5.50. The number of aromatic nitrogens is 3. The molecule has 2 heterocycles. The van der Waals surface area contributed by atoms with Gasteiger partial charge in [0.1, 0.15) is 28.7 Å². The lowest BCUT2D eigenvalue weighted by molar-refractivity contribution is 0.0612. The van der Waals surface area contributed by atoms with Crippen molar-refractivity contribution in [3.05, 3.63) is 58.9 Å². The molecule has 9 nitrogen and oxygen atoms in total. The lowest BCUT2D eigenvalue weighted by Gasteiger charge is -2.20. The molecule has 0 unspecified atom stereocenters. The molecule has 0 aliphatic heterocycles. The second-order valence-corrected chi connectivity index (χ2v) is 8.44. The van der Waals surface area contributed by atoms with E-state index in [2.05, 4.69) is 15.7 Å². The molecule has 1 amide bonds. The maximum atomic E-state index is 13.4. The highest BCUT2D eigenvalue weighted by Gasteiger charge is 2.22. The number of hydrogen-bond donors (Lipinski definition) is 3. The zero-order valence-electron chi connectivity index (χ0n) is 18.8. The predicted molar refractivity (Wildman–Crippen MR) is 125 cm³/mol. The van der Waals surface area contributed by atoms with Crippen molar-refractivity contribution in [1.29, 1.82) is 0 Å². The molecule has 0 atom stereocenters. The van der Waals surface area contributed by atoms with Gasteiger partial charge in [0.25, 0.3) is 0 Å². The van der Waals surface area contributed by atoms with E-state index in [1.54, 1.807) is 46.2 Å². The van der Waals surface area contributed by atoms with E-state index in [9.17, 15) is 14.3 Å². The maximum absolute atomic E-state index is 13.4. The fourth-order valence-electron chi connectivity index (χ4n) is 3.00. The number of benzene rings is 1. The lowest BCUT2D eigenvalue weighted by atomic mass is 10.2. The second-order valence-electron chi connectivity index (χ2n) is 8.07. The number of nitrogens with zero attached hydrogens (tertiary/aromatic N) is 3. The van der Waals surface area contributed by atoms with E-state index >= 15 is 0 Å². The number of anilines is 1. The van der Waals surface area contributed by atoms with Gasteiger partial charge in [-0.05, 0) is 69.4 Å². The number of carbonyl (C=O) groups is 1. The van der Waals surface area contributed by atoms with Crippen LogP contribution >= 0.6 is 12.2 Å². The first-order valence-corrected chi connectivity index (χ1v) is 10.6. The third kappa shape index (κ3) is 6.01. The molecule has 0 aliphatic rings. The van der Waals surface area contributed by atoms with Gasteiger partial charge in [0.05, 0.1) is 19.0 Å². The average Bonchev–Trinajstić information content (AvgIpc) is 2.97. The number of hydrogen-bond acceptors (Lipinski definition) is 7. The van der Waals surface area contributed by atoms with Crippen LogP contribution < -0.4 is 15.5 Å². The van der Waals surface area contributed by atoms with Crippen molar-refractivity contribution >= 4 is 24.1 Å². The number of pyridine rings is 1. The van der Waals surface area contributed by atoms with Gasteiger partial charge in [-0.15, -0.1) is 0 Å². The summed E-state index contributed by atoms with van der Waals surface area (Å²) < 4.78 is 26.5. The minimum atomic E-state index is -0.735. The first-order chi connectivity index (χ1) is 15.6. The Morgan fingerprint density at radius 3 is 2.48 bits per heavy atom. The molecule has 0 radical (unpaired) electrons. The van der Waals surface area contributed by atoms with Gasteiger partial charge in [-0.2, -0.15) is 0 Å². The van der Waals surface area contributed by atoms with Crippen LogP contribution in [0.25, 0.3) is 5.69 Å². The summed E-state index contributed by atoms with van der Waals surface area (Å²) in [6, 6.07) is 8.99. The molecule has 33 heavy (non-hydrogen) atoms. The summed E-state index contributed by atoms with van der Waals surface area (Å²) in [7, 11) is 1.56. The molecule has 0 bridgehead atoms. The average molecular weight is 476 g/mol. The minimum Gasteiger partial charge on any atom is -0.495 e. The van der Waals surface area contributed by atoms with Crippen LogP contribution in [0.3, 0.4) is 0 Å². The van der Waals surface area contributed by atoms with E-state index in [0.717, 1.165) is 0 Å². The third-order valence-electron chi connectivity index (χ3n) is 4.45. The summed E-state index contributed by atoms with van der Waals surface area (Å²) in [4.78, 5) is 16.6. The van der Waals surface area contributed by atoms with Gasteiger partial charge in [-0.25, -0.2) is 24.3 Å². The fraction of sp³-hybridized carbons (Fsp3) is 0.318. The van der Waals surface area contributed by atoms with E-state index in [1.165, 1.54) is 33.5 Å². The van der Waals surface area contributed by atoms with Crippen LogP contribution in [0, 0.1) is 10.6 Å². The molecule has 0 saturated heterocycles. The summed E-state index contributed by atoms with van der Waals surface area (Å²) in [6.07, 6.45) is 1.12. The van der Waals surface area contributed by atoms with E-state index in [-0.39, 0.29) is 17.1 Å². The van der Waals surface area contributed by atoms with Crippen LogP contribution in [-0.4, -0.2) is 44.7 Å². The van der Waals surface area contributed by atoms with Gasteiger partial charge in [0.2, 0.25) is 10.7 Å². The molecule has 0 aliphatic carbocycles. The van der Waals surface area contributed by atoms with E-state index in [1.807, 2.05) is 0 Å². The van der Waals surface area contributed by atoms with Crippen LogP contribution in [0.4, 0.5) is 15.0 Å². The SMILES string of the molecule is COc1ccc(NCCc2c(O)n(-c3ccc(F)cc3)c(=S)n2NC(=O)OC(C)(C)C)nc1. The number of rotatable bonds is 7. The Bertz CT molecular complexity index is 1170. The molecule has 176 valence electrons. The number of nitrogens with one attached hydrogen (secondary N) is 2. The normalized spacial score (nSPS) is 11.2. The summed E-state index contributed by atoms with van der Waals surface area (Å²) in [5.41, 5.74) is 2.62. The van der Waals surface area contributed by atoms with Crippen molar-refractivity contribution in [3.63, 3.8) is 0 Å². The summed E-state index contributed by atoms with van der Waals surface area (Å²) in [5, 5.41) is 14.1. The largest absolute Gasteiger partial charge is 0.495 e. The monoisotopic (exact) mass is 475 g/mol. The van der Waals surface area contributed by atoms with Crippen LogP contribution in [0.2, 0.25) is 0 Å². The number of methoxy groups -OCH3 is 1. The Labute approximate surface area is 195 Å². The standard InChI is InChI=1S/C22H26FN5O4S/c1-22(2,3)32-20(30)26-28-17(11-12-24-18-10-9-16(31-4)13-25-18)19(29)27(21(28)33)15-7-5-14(23)6-8-15/h5-10,13,29H,11-12H2,1-4H3,(H,24,25)(H,26,30). The predicted octanol–water partition coefficient (Wildman–Crippen LogP) is 4.39. The minimum absolute atomic E-state index is 0.0857. The highest BCUT2D eigenvalue weighted by molar-refractivity contribution is 7.71. The van der Waals surface area contributed by atoms with Gasteiger partial charge in [-0.3, -0.25) is 4.57 Å². The lowest BCUT2D eigenvalue weighted by Crippen LogP contribution is -2.32. The molecule has 0 fully saturated rings. The van der Waals surface area contributed by atoms with Gasteiger partial charge in [0, 0.05) is 13.0 Å². The van der Waals surface area contributed by atoms with Gasteiger partial charge in [0.15, 0.2) is 0 Å². The quantitative estimate of drug-likeness (QED) is 0.436. The number of halogens is 1. The van der Waals surface area contributed by atoms with Crippen molar-refractivity contribution in [2.45, 2.75) is 32.8 Å². The topological polar surface area (TPSA) is 103 Å². The zero-order valence-corrected chi connectivity index (χ0v) is 19.6. The number of amides is 1. The molecule has 0 spiro atoms. The Kier molecular flexibility index (Phi) is 7.22. The van der Waals surface area contributed by atoms with Crippen molar-refractivity contribution in [1.82, 2.24) is 14.2 Å². The van der Waals surface area contributed by atoms with Crippen LogP contribution in [0.15, 0.2) is 42.6 Å². The van der Waals surface area contributed by atoms with Crippen molar-refractivity contribution < 1.29 is 23.8 Å². The van der Waals surface area contributed by atoms with E-state index in [4.69, 9.17) is 21.7 Å². The number of carbonyl (C=O) groups excluding carboxylic acids is 1. The van der Waals surface area contributed by atoms with Crippen LogP contribution in [0.5, 0.6) is 11.6 Å². The van der Waals surface area contributed by atoms with Gasteiger partial charge >= 0.3 is 6.09 Å². The smallest absolute Gasteiger partial charge is 0.427 e. The highest BCUT2D eigenvalue weighted by Crippen LogP contribution is 2.26. The summed E-state index contributed by atoms with van der Waals surface area (Å²) in [5.74, 6) is 0.628. The highest BCUT2D eigenvalue weighted by atomic mass is 32.1. The van der Waals surface area contributed by atoms with Crippen LogP contribution in [-0.2, 0) is 11.2 Å². The van der Waals surface area contributed by atoms with Crippen molar-refractivity contribution in [2.24, 2.45) is 0 Å². The number of imidazole rings is 1. The van der Waals surface area contributed by atoms with Crippen molar-refractivity contribution in [2.75, 3.05) is 24.4 Å². The molecule has 3 rings (SSSR count). The molecule has 3 N–H and O–H groups in total. The Hall–Kier alpha value is -3.60. The van der Waals surface area contributed by atoms with Crippen molar-refractivity contribution in [3.8, 4) is 17.3 Å². The zero-order chi connectivity index (χ0) is 24.2. The second kappa shape index (κ2) is 9.90. The third-order valence-corrected chi connectivity index (χ3v) is 4.81. The van der Waals surface area contributed by atoms with E-state index < -0.39 is 17.5 Å². The molecule has 1 aromatic carbocycles. The van der Waals surface area contributed by atoms with Gasteiger partial charge in [-0.1, -0.05) is 0 Å². The molecule has 0 saturated carbocycles. The van der Waals surface area contributed by atoms with E-state index in [0.29, 0.717) is 29.5 Å². The first-order valence-electron chi connectivity index (χ1n) is 10.1. The Morgan fingerprint density at radius 1 is 1.21 bits per heavy atom. The van der Waals surface area contributed by atoms with Crippen LogP contribution in [0.1, 0.15) is 26.5 Å². The first kappa shape index (κ1) is 24.1. The van der Waals surface area contributed by atoms with Gasteiger partial charge < -0.3 is 19.9 Å². The number of aromatic hydroxyl groups is 1. The Morgan fingerprint density at radius 2 is 1.91 bits per heavy atom. The maximum Gasteiger partial charge on any atom is 0.427 e. The number of ether oxygens (including phenoxy) is 2. The molecule has 3 aromatic rings. The molecule has 11 heteroatoms. The fourth-order valence-corrected chi connectivity index (χ4v) is 3.35.